The highest BCUT2D eigenvalue weighted by Gasteiger charge is 2.25. The van der Waals surface area contributed by atoms with Crippen LogP contribution in [0.2, 0.25) is 0 Å². The third kappa shape index (κ3) is 3.73. The molecular formula is C22H21NO4S. The van der Waals surface area contributed by atoms with Gasteiger partial charge in [-0.2, -0.15) is 0 Å². The van der Waals surface area contributed by atoms with Crippen LogP contribution in [0.5, 0.6) is 0 Å². The normalized spacial score (nSPS) is 14.4. The highest BCUT2D eigenvalue weighted by Crippen LogP contribution is 2.28. The summed E-state index contributed by atoms with van der Waals surface area (Å²) >= 11 is 0. The van der Waals surface area contributed by atoms with E-state index in [2.05, 4.69) is 0 Å². The summed E-state index contributed by atoms with van der Waals surface area (Å²) in [7, 11) is -3.52. The van der Waals surface area contributed by atoms with E-state index < -0.39 is 9.84 Å². The number of fused-ring (bicyclic) bond motifs is 1. The Hall–Kier alpha value is -2.86. The van der Waals surface area contributed by atoms with Gasteiger partial charge in [-0.25, -0.2) is 8.42 Å². The number of nitrogens with zero attached hydrogens (tertiary/aromatic N) is 1. The number of sulfone groups is 1. The molecule has 0 radical (unpaired) electrons. The highest BCUT2D eigenvalue weighted by molar-refractivity contribution is 7.90. The number of carbonyl (C=O) groups is 1. The molecule has 0 spiro atoms. The average molecular weight is 395 g/mol. The van der Waals surface area contributed by atoms with Crippen LogP contribution >= 0.6 is 0 Å². The largest absolute Gasteiger partial charge is 0.455 e. The lowest BCUT2D eigenvalue weighted by molar-refractivity contribution is 0.0959. The zero-order chi connectivity index (χ0) is 19.6. The number of carbonyl (C=O) groups excluding carboxylic acids is 1. The van der Waals surface area contributed by atoms with Crippen molar-refractivity contribution in [3.63, 3.8) is 0 Å². The van der Waals surface area contributed by atoms with Crippen LogP contribution < -0.4 is 4.90 Å². The predicted molar refractivity (Wildman–Crippen MR) is 107 cm³/mol. The van der Waals surface area contributed by atoms with E-state index in [1.54, 1.807) is 47.4 Å². The van der Waals surface area contributed by atoms with Crippen LogP contribution in [0.15, 0.2) is 76.0 Å². The number of benzene rings is 2. The molecule has 5 nitrogen and oxygen atoms in total. The first-order valence-electron chi connectivity index (χ1n) is 9.31. The lowest BCUT2D eigenvalue weighted by Gasteiger charge is -2.21. The quantitative estimate of drug-likeness (QED) is 0.663. The standard InChI is InChI=1S/C22H21NO4S/c24-22(23-15-7-6-9-17-8-4-5-12-20(17)23)21-14-13-18(27-21)16-28(25,26)19-10-2-1-3-11-19/h1-5,8,10-14H,6-7,9,15-16H2. The van der Waals surface area contributed by atoms with Crippen molar-refractivity contribution >= 4 is 21.4 Å². The lowest BCUT2D eigenvalue weighted by atomic mass is 10.1. The smallest absolute Gasteiger partial charge is 0.293 e. The first-order chi connectivity index (χ1) is 13.5. The van der Waals surface area contributed by atoms with E-state index >= 15 is 0 Å². The summed E-state index contributed by atoms with van der Waals surface area (Å²) in [5, 5.41) is 0. The van der Waals surface area contributed by atoms with Gasteiger partial charge in [-0.1, -0.05) is 36.4 Å². The molecule has 2 heterocycles. The van der Waals surface area contributed by atoms with Gasteiger partial charge in [-0.05, 0) is 55.2 Å². The van der Waals surface area contributed by atoms with Crippen molar-refractivity contribution < 1.29 is 17.6 Å². The third-order valence-electron chi connectivity index (χ3n) is 4.91. The summed E-state index contributed by atoms with van der Waals surface area (Å²) in [6.07, 6.45) is 2.88. The SMILES string of the molecule is O=C(c1ccc(CS(=O)(=O)c2ccccc2)o1)N1CCCCc2ccccc21. The number of hydrogen-bond donors (Lipinski definition) is 0. The van der Waals surface area contributed by atoms with E-state index in [-0.39, 0.29) is 28.1 Å². The van der Waals surface area contributed by atoms with Gasteiger partial charge in [0.1, 0.15) is 11.5 Å². The van der Waals surface area contributed by atoms with Crippen molar-refractivity contribution in [2.24, 2.45) is 0 Å². The van der Waals surface area contributed by atoms with E-state index in [0.29, 0.717) is 6.54 Å². The molecule has 0 atom stereocenters. The minimum atomic E-state index is -3.52. The monoisotopic (exact) mass is 395 g/mol. The van der Waals surface area contributed by atoms with Gasteiger partial charge in [0.25, 0.3) is 5.91 Å². The fourth-order valence-electron chi connectivity index (χ4n) is 3.50. The number of furan rings is 1. The molecule has 0 bridgehead atoms. The predicted octanol–water partition coefficient (Wildman–Crippen LogP) is 4.24. The van der Waals surface area contributed by atoms with Crippen LogP contribution in [0.3, 0.4) is 0 Å². The highest BCUT2D eigenvalue weighted by atomic mass is 32.2. The van der Waals surface area contributed by atoms with Crippen molar-refractivity contribution in [1.82, 2.24) is 0 Å². The molecule has 1 aliphatic heterocycles. The number of para-hydroxylation sites is 1. The van der Waals surface area contributed by atoms with Crippen molar-refractivity contribution in [1.29, 1.82) is 0 Å². The third-order valence-corrected chi connectivity index (χ3v) is 6.57. The van der Waals surface area contributed by atoms with Gasteiger partial charge in [0.15, 0.2) is 15.6 Å². The Labute approximate surface area is 164 Å². The van der Waals surface area contributed by atoms with Crippen LogP contribution in [0.25, 0.3) is 0 Å². The maximum Gasteiger partial charge on any atom is 0.293 e. The zero-order valence-electron chi connectivity index (χ0n) is 15.4. The summed E-state index contributed by atoms with van der Waals surface area (Å²) in [4.78, 5) is 15.0. The van der Waals surface area contributed by atoms with Gasteiger partial charge in [0.2, 0.25) is 0 Å². The van der Waals surface area contributed by atoms with Crippen molar-refractivity contribution in [2.75, 3.05) is 11.4 Å². The van der Waals surface area contributed by atoms with Gasteiger partial charge in [-0.15, -0.1) is 0 Å². The van der Waals surface area contributed by atoms with E-state index in [4.69, 9.17) is 4.42 Å². The van der Waals surface area contributed by atoms with Crippen LogP contribution in [-0.2, 0) is 22.0 Å². The molecular weight excluding hydrogens is 374 g/mol. The lowest BCUT2D eigenvalue weighted by Crippen LogP contribution is -2.31. The van der Waals surface area contributed by atoms with Crippen molar-refractivity contribution in [3.05, 3.63) is 83.8 Å². The molecule has 144 valence electrons. The summed E-state index contributed by atoms with van der Waals surface area (Å²) < 4.78 is 30.7. The molecule has 0 saturated heterocycles. The molecule has 28 heavy (non-hydrogen) atoms. The maximum absolute atomic E-state index is 13.0. The number of rotatable bonds is 4. The number of amides is 1. The Balaban J connectivity index is 1.57. The summed E-state index contributed by atoms with van der Waals surface area (Å²) in [5.74, 6) is -0.0936. The van der Waals surface area contributed by atoms with Gasteiger partial charge in [0.05, 0.1) is 4.90 Å². The fourth-order valence-corrected chi connectivity index (χ4v) is 4.77. The fraction of sp³-hybridized carbons (Fsp3) is 0.227. The summed E-state index contributed by atoms with van der Waals surface area (Å²) in [5.41, 5.74) is 2.05. The molecule has 0 unspecified atom stereocenters. The van der Waals surface area contributed by atoms with Gasteiger partial charge >= 0.3 is 0 Å². The molecule has 3 aromatic rings. The first-order valence-corrected chi connectivity index (χ1v) is 11.0. The Morgan fingerprint density at radius 1 is 0.929 bits per heavy atom. The Morgan fingerprint density at radius 3 is 2.50 bits per heavy atom. The second-order valence-electron chi connectivity index (χ2n) is 6.88. The van der Waals surface area contributed by atoms with E-state index in [1.165, 1.54) is 0 Å². The zero-order valence-corrected chi connectivity index (χ0v) is 16.2. The van der Waals surface area contributed by atoms with Crippen molar-refractivity contribution in [2.45, 2.75) is 29.9 Å². The second-order valence-corrected chi connectivity index (χ2v) is 8.87. The van der Waals surface area contributed by atoms with Crippen LogP contribution in [-0.4, -0.2) is 20.9 Å². The van der Waals surface area contributed by atoms with Crippen LogP contribution in [0.1, 0.15) is 34.7 Å². The topological polar surface area (TPSA) is 67.6 Å². The number of anilines is 1. The van der Waals surface area contributed by atoms with Crippen molar-refractivity contribution in [3.8, 4) is 0 Å². The molecule has 0 aliphatic carbocycles. The van der Waals surface area contributed by atoms with Crippen LogP contribution in [0, 0.1) is 0 Å². The molecule has 0 fully saturated rings. The number of hydrogen-bond acceptors (Lipinski definition) is 4. The molecule has 6 heteroatoms. The van der Waals surface area contributed by atoms with E-state index in [9.17, 15) is 13.2 Å². The average Bonchev–Trinajstić information content (AvgIpc) is 3.05. The minimum absolute atomic E-state index is 0.162. The summed E-state index contributed by atoms with van der Waals surface area (Å²) in [6.45, 7) is 0.619. The van der Waals surface area contributed by atoms with E-state index in [0.717, 1.165) is 30.5 Å². The molecule has 1 aromatic heterocycles. The van der Waals surface area contributed by atoms with Gasteiger partial charge in [-0.3, -0.25) is 4.79 Å². The molecule has 0 saturated carbocycles. The Bertz CT molecular complexity index is 1090. The Kier molecular flexibility index (Phi) is 5.05. The van der Waals surface area contributed by atoms with Gasteiger partial charge in [0, 0.05) is 12.2 Å². The van der Waals surface area contributed by atoms with Crippen LogP contribution in [0.4, 0.5) is 5.69 Å². The second kappa shape index (κ2) is 7.64. The molecule has 2 aromatic carbocycles. The Morgan fingerprint density at radius 2 is 1.68 bits per heavy atom. The van der Waals surface area contributed by atoms with E-state index in [1.807, 2.05) is 24.3 Å². The molecule has 4 rings (SSSR count). The minimum Gasteiger partial charge on any atom is -0.455 e. The van der Waals surface area contributed by atoms with Gasteiger partial charge < -0.3 is 9.32 Å². The number of aryl methyl sites for hydroxylation is 1. The molecule has 0 N–H and O–H groups in total. The first kappa shape index (κ1) is 18.5. The molecule has 1 amide bonds. The summed E-state index contributed by atoms with van der Waals surface area (Å²) in [6, 6.07) is 19.3. The molecule has 1 aliphatic rings. The maximum atomic E-state index is 13.0.